The molecule has 18 heavy (non-hydrogen) atoms. The number of ether oxygens (including phenoxy) is 1. The Morgan fingerprint density at radius 3 is 2.50 bits per heavy atom. The number of carbonyl (C=O) groups excluding carboxylic acids is 1. The largest absolute Gasteiger partial charge is 0.382 e. The van der Waals surface area contributed by atoms with E-state index in [9.17, 15) is 4.79 Å². The molecule has 0 N–H and O–H groups in total. The van der Waals surface area contributed by atoms with Crippen molar-refractivity contribution in [1.82, 2.24) is 0 Å². The topological polar surface area (TPSA) is 44.8 Å². The number of methoxy groups -OCH3 is 1. The number of aryl methyl sites for hydroxylation is 2. The van der Waals surface area contributed by atoms with Gasteiger partial charge in [-0.2, -0.15) is 4.89 Å². The zero-order chi connectivity index (χ0) is 13.5. The zero-order valence-corrected chi connectivity index (χ0v) is 11.2. The van der Waals surface area contributed by atoms with Gasteiger partial charge in [0.05, 0.1) is 11.7 Å². The van der Waals surface area contributed by atoms with Gasteiger partial charge in [0.2, 0.25) is 0 Å². The van der Waals surface area contributed by atoms with E-state index in [2.05, 4.69) is 0 Å². The van der Waals surface area contributed by atoms with Gasteiger partial charge in [-0.25, -0.2) is 4.79 Å². The molecule has 1 atom stereocenters. The molecule has 0 amide bonds. The number of rotatable bonds is 6. The van der Waals surface area contributed by atoms with Gasteiger partial charge in [0, 0.05) is 13.5 Å². The maximum absolute atomic E-state index is 11.8. The van der Waals surface area contributed by atoms with Crippen LogP contribution in [0.15, 0.2) is 18.2 Å². The van der Waals surface area contributed by atoms with E-state index in [1.54, 1.807) is 7.11 Å². The predicted octanol–water partition coefficient (Wildman–Crippen LogP) is 2.98. The fourth-order valence-electron chi connectivity index (χ4n) is 1.53. The molecule has 0 aliphatic heterocycles. The van der Waals surface area contributed by atoms with Gasteiger partial charge in [0.15, 0.2) is 0 Å². The third kappa shape index (κ3) is 4.13. The number of hydrogen-bond acceptors (Lipinski definition) is 4. The zero-order valence-electron chi connectivity index (χ0n) is 11.2. The highest BCUT2D eigenvalue weighted by Crippen LogP contribution is 2.15. The molecule has 1 aromatic carbocycles. The highest BCUT2D eigenvalue weighted by atomic mass is 17.2. The summed E-state index contributed by atoms with van der Waals surface area (Å²) < 4.78 is 5.03. The molecule has 0 bridgehead atoms. The Labute approximate surface area is 108 Å². The summed E-state index contributed by atoms with van der Waals surface area (Å²) in [4.78, 5) is 21.3. The van der Waals surface area contributed by atoms with Crippen LogP contribution in [0.25, 0.3) is 0 Å². The standard InChI is InChI=1S/C14H19O4/c1-10-6-5-7-11(2)13(10)14(15)18-17-9-8-12(3)16-4/h5-7,9,12H,8H2,1-4H3. The fraction of sp³-hybridized carbons (Fsp3) is 0.429. The van der Waals surface area contributed by atoms with Gasteiger partial charge < -0.3 is 4.74 Å². The fourth-order valence-corrected chi connectivity index (χ4v) is 1.53. The van der Waals surface area contributed by atoms with Gasteiger partial charge >= 0.3 is 5.97 Å². The molecule has 4 heteroatoms. The molecule has 1 radical (unpaired) electrons. The van der Waals surface area contributed by atoms with Crippen LogP contribution >= 0.6 is 0 Å². The second-order valence-corrected chi connectivity index (χ2v) is 4.18. The molecular weight excluding hydrogens is 232 g/mol. The lowest BCUT2D eigenvalue weighted by atomic mass is 10.0. The molecule has 4 nitrogen and oxygen atoms in total. The van der Waals surface area contributed by atoms with E-state index in [0.717, 1.165) is 11.1 Å². The Morgan fingerprint density at radius 1 is 1.33 bits per heavy atom. The second-order valence-electron chi connectivity index (χ2n) is 4.18. The average Bonchev–Trinajstić information content (AvgIpc) is 2.34. The molecule has 1 rings (SSSR count). The number of benzene rings is 1. The molecule has 0 saturated carbocycles. The molecular formula is C14H19O4. The van der Waals surface area contributed by atoms with Crippen LogP contribution in [0, 0.1) is 20.5 Å². The van der Waals surface area contributed by atoms with E-state index in [0.29, 0.717) is 12.0 Å². The van der Waals surface area contributed by atoms with E-state index in [1.807, 2.05) is 39.0 Å². The molecule has 0 aromatic heterocycles. The van der Waals surface area contributed by atoms with E-state index < -0.39 is 5.97 Å². The first-order valence-corrected chi connectivity index (χ1v) is 5.84. The van der Waals surface area contributed by atoms with Crippen molar-refractivity contribution >= 4 is 5.97 Å². The third-order valence-electron chi connectivity index (χ3n) is 2.71. The smallest absolute Gasteiger partial charge is 0.373 e. The monoisotopic (exact) mass is 251 g/mol. The van der Waals surface area contributed by atoms with Gasteiger partial charge in [-0.3, -0.25) is 4.89 Å². The molecule has 0 heterocycles. The van der Waals surface area contributed by atoms with Crippen molar-refractivity contribution in [3.63, 3.8) is 0 Å². The van der Waals surface area contributed by atoms with Crippen LogP contribution in [0.1, 0.15) is 34.8 Å². The van der Waals surface area contributed by atoms with E-state index in [4.69, 9.17) is 14.5 Å². The summed E-state index contributed by atoms with van der Waals surface area (Å²) in [6.07, 6.45) is 0.584. The summed E-state index contributed by atoms with van der Waals surface area (Å²) in [6.45, 7) is 7.04. The molecule has 1 unspecified atom stereocenters. The summed E-state index contributed by atoms with van der Waals surface area (Å²) in [5.41, 5.74) is 2.29. The van der Waals surface area contributed by atoms with Gasteiger partial charge in [0.25, 0.3) is 0 Å². The highest BCUT2D eigenvalue weighted by Gasteiger charge is 2.14. The molecule has 0 spiro atoms. The highest BCUT2D eigenvalue weighted by molar-refractivity contribution is 5.92. The molecule has 0 saturated heterocycles. The Hall–Kier alpha value is -1.39. The Kier molecular flexibility index (Phi) is 5.82. The first-order valence-electron chi connectivity index (χ1n) is 5.84. The lowest BCUT2D eigenvalue weighted by Gasteiger charge is -2.10. The van der Waals surface area contributed by atoms with Crippen LogP contribution in [0.2, 0.25) is 0 Å². The quantitative estimate of drug-likeness (QED) is 0.443. The van der Waals surface area contributed by atoms with E-state index in [1.165, 1.54) is 6.61 Å². The molecule has 99 valence electrons. The molecule has 0 aliphatic rings. The van der Waals surface area contributed by atoms with Crippen LogP contribution in [0.4, 0.5) is 0 Å². The van der Waals surface area contributed by atoms with Gasteiger partial charge in [-0.1, -0.05) is 18.2 Å². The van der Waals surface area contributed by atoms with Crippen molar-refractivity contribution in [2.45, 2.75) is 33.3 Å². The minimum atomic E-state index is -0.480. The SMILES string of the molecule is COC(C)C[CH]OOC(=O)c1c(C)cccc1C. The van der Waals surface area contributed by atoms with E-state index in [-0.39, 0.29) is 6.10 Å². The van der Waals surface area contributed by atoms with Crippen molar-refractivity contribution in [2.24, 2.45) is 0 Å². The Bertz CT molecular complexity index is 381. The number of carbonyl (C=O) groups is 1. The van der Waals surface area contributed by atoms with Crippen LogP contribution in [-0.4, -0.2) is 19.2 Å². The lowest BCUT2D eigenvalue weighted by Crippen LogP contribution is -2.11. The van der Waals surface area contributed by atoms with Gasteiger partial charge in [-0.15, -0.1) is 0 Å². The van der Waals surface area contributed by atoms with Crippen LogP contribution in [0.3, 0.4) is 0 Å². The summed E-state index contributed by atoms with van der Waals surface area (Å²) in [7, 11) is 1.61. The van der Waals surface area contributed by atoms with Crippen molar-refractivity contribution in [2.75, 3.05) is 7.11 Å². The minimum absolute atomic E-state index is 0.0314. The first kappa shape index (κ1) is 14.7. The average molecular weight is 251 g/mol. The maximum Gasteiger partial charge on any atom is 0.373 e. The summed E-state index contributed by atoms with van der Waals surface area (Å²) in [6, 6.07) is 5.62. The predicted molar refractivity (Wildman–Crippen MR) is 67.8 cm³/mol. The van der Waals surface area contributed by atoms with Gasteiger partial charge in [-0.05, 0) is 31.9 Å². The van der Waals surface area contributed by atoms with Crippen LogP contribution in [-0.2, 0) is 14.5 Å². The van der Waals surface area contributed by atoms with Gasteiger partial charge in [0.1, 0.15) is 6.61 Å². The molecule has 0 fully saturated rings. The van der Waals surface area contributed by atoms with Crippen molar-refractivity contribution in [3.05, 3.63) is 41.5 Å². The maximum atomic E-state index is 11.8. The van der Waals surface area contributed by atoms with Crippen molar-refractivity contribution in [1.29, 1.82) is 0 Å². The van der Waals surface area contributed by atoms with Crippen molar-refractivity contribution < 1.29 is 19.3 Å². The Morgan fingerprint density at radius 2 is 1.94 bits per heavy atom. The van der Waals surface area contributed by atoms with Crippen LogP contribution < -0.4 is 0 Å². The normalized spacial score (nSPS) is 12.2. The summed E-state index contributed by atoms with van der Waals surface area (Å²) in [5.74, 6) is -0.480. The minimum Gasteiger partial charge on any atom is -0.382 e. The molecule has 0 aliphatic carbocycles. The molecule has 1 aromatic rings. The second kappa shape index (κ2) is 7.13. The van der Waals surface area contributed by atoms with Crippen molar-refractivity contribution in [3.8, 4) is 0 Å². The van der Waals surface area contributed by atoms with Crippen LogP contribution in [0.5, 0.6) is 0 Å². The third-order valence-corrected chi connectivity index (χ3v) is 2.71. The first-order chi connectivity index (χ1) is 8.56. The number of hydrogen-bond donors (Lipinski definition) is 0. The summed E-state index contributed by atoms with van der Waals surface area (Å²) in [5, 5.41) is 0. The lowest BCUT2D eigenvalue weighted by molar-refractivity contribution is -0.215. The van der Waals surface area contributed by atoms with E-state index >= 15 is 0 Å². The Balaban J connectivity index is 2.46. The summed E-state index contributed by atoms with van der Waals surface area (Å²) >= 11 is 0.